The number of para-hydroxylation sites is 1. The Balaban J connectivity index is 2.28. The minimum Gasteiger partial charge on any atom is -0.398 e. The van der Waals surface area contributed by atoms with Gasteiger partial charge in [0.05, 0.1) is 16.4 Å². The van der Waals surface area contributed by atoms with Crippen molar-refractivity contribution < 1.29 is 0 Å². The molecular weight excluding hydrogens is 274 g/mol. The van der Waals surface area contributed by atoms with Crippen LogP contribution in [0.2, 0.25) is 0 Å². The van der Waals surface area contributed by atoms with Crippen molar-refractivity contribution in [3.63, 3.8) is 0 Å². The Bertz CT molecular complexity index is 881. The molecule has 0 aliphatic carbocycles. The fraction of sp³-hybridized carbons (Fsp3) is 0.278. The van der Waals surface area contributed by atoms with Gasteiger partial charge in [-0.15, -0.1) is 0 Å². The Morgan fingerprint density at radius 3 is 2.55 bits per heavy atom. The van der Waals surface area contributed by atoms with Crippen LogP contribution >= 0.6 is 0 Å². The summed E-state index contributed by atoms with van der Waals surface area (Å²) in [5.74, 6) is 0. The van der Waals surface area contributed by atoms with Gasteiger partial charge in [-0.05, 0) is 51.3 Å². The van der Waals surface area contributed by atoms with Gasteiger partial charge in [0.25, 0.3) is 0 Å². The van der Waals surface area contributed by atoms with E-state index < -0.39 is 0 Å². The van der Waals surface area contributed by atoms with E-state index in [4.69, 9.17) is 5.73 Å². The Morgan fingerprint density at radius 1 is 1.05 bits per heavy atom. The maximum absolute atomic E-state index is 12.7. The summed E-state index contributed by atoms with van der Waals surface area (Å²) in [7, 11) is 4.14. The standard InChI is InChI=1S/C18H21N3O/c1-20(2)11-6-12-21-15-9-4-3-7-13(15)18(22)17-14(19)8-5-10-16(17)21/h3-5,7-10H,6,11-12,19H2,1-2H3. The van der Waals surface area contributed by atoms with Crippen LogP contribution < -0.4 is 11.2 Å². The molecule has 0 spiro atoms. The number of pyridine rings is 1. The van der Waals surface area contributed by atoms with Crippen molar-refractivity contribution in [1.29, 1.82) is 0 Å². The molecule has 0 bridgehead atoms. The number of hydrogen-bond acceptors (Lipinski definition) is 3. The maximum Gasteiger partial charge on any atom is 0.199 e. The third kappa shape index (κ3) is 2.46. The Morgan fingerprint density at radius 2 is 1.77 bits per heavy atom. The van der Waals surface area contributed by atoms with Crippen molar-refractivity contribution in [2.45, 2.75) is 13.0 Å². The van der Waals surface area contributed by atoms with Gasteiger partial charge in [0.15, 0.2) is 5.43 Å². The molecule has 0 atom stereocenters. The Hall–Kier alpha value is -2.33. The lowest BCUT2D eigenvalue weighted by molar-refractivity contribution is 0.389. The average Bonchev–Trinajstić information content (AvgIpc) is 2.50. The summed E-state index contributed by atoms with van der Waals surface area (Å²) in [5.41, 5.74) is 8.54. The molecule has 0 unspecified atom stereocenters. The van der Waals surface area contributed by atoms with E-state index in [2.05, 4.69) is 23.6 Å². The van der Waals surface area contributed by atoms with Gasteiger partial charge in [0.2, 0.25) is 0 Å². The summed E-state index contributed by atoms with van der Waals surface area (Å²) in [4.78, 5) is 14.9. The largest absolute Gasteiger partial charge is 0.398 e. The molecule has 0 amide bonds. The predicted octanol–water partition coefficient (Wildman–Crippen LogP) is 2.69. The first-order valence-electron chi connectivity index (χ1n) is 7.54. The molecule has 1 heterocycles. The van der Waals surface area contributed by atoms with Crippen LogP contribution in [0.3, 0.4) is 0 Å². The summed E-state index contributed by atoms with van der Waals surface area (Å²) in [6, 6.07) is 13.5. The number of fused-ring (bicyclic) bond motifs is 2. The minimum absolute atomic E-state index is 0.0209. The minimum atomic E-state index is 0.0209. The van der Waals surface area contributed by atoms with Gasteiger partial charge in [-0.1, -0.05) is 18.2 Å². The molecule has 3 rings (SSSR count). The van der Waals surface area contributed by atoms with Gasteiger partial charge in [0.1, 0.15) is 0 Å². The monoisotopic (exact) mass is 295 g/mol. The number of nitrogen functional groups attached to an aromatic ring is 1. The van der Waals surface area contributed by atoms with Crippen molar-refractivity contribution in [2.75, 3.05) is 26.4 Å². The zero-order chi connectivity index (χ0) is 15.7. The van der Waals surface area contributed by atoms with E-state index in [-0.39, 0.29) is 5.43 Å². The van der Waals surface area contributed by atoms with Crippen molar-refractivity contribution in [3.05, 3.63) is 52.7 Å². The van der Waals surface area contributed by atoms with E-state index in [0.717, 1.165) is 35.9 Å². The molecule has 4 heteroatoms. The molecule has 0 radical (unpaired) electrons. The number of rotatable bonds is 4. The molecule has 114 valence electrons. The third-order valence-corrected chi connectivity index (χ3v) is 4.02. The molecule has 0 saturated heterocycles. The predicted molar refractivity (Wildman–Crippen MR) is 93.3 cm³/mol. The van der Waals surface area contributed by atoms with E-state index in [9.17, 15) is 4.79 Å². The lowest BCUT2D eigenvalue weighted by Gasteiger charge is -2.17. The third-order valence-electron chi connectivity index (χ3n) is 4.02. The highest BCUT2D eigenvalue weighted by Crippen LogP contribution is 2.23. The summed E-state index contributed by atoms with van der Waals surface area (Å²) in [6.07, 6.45) is 1.02. The van der Waals surface area contributed by atoms with Gasteiger partial charge < -0.3 is 15.2 Å². The quantitative estimate of drug-likeness (QED) is 0.595. The molecule has 2 aromatic carbocycles. The Labute approximate surface area is 129 Å². The number of aromatic nitrogens is 1. The molecule has 1 aromatic heterocycles. The lowest BCUT2D eigenvalue weighted by Crippen LogP contribution is -2.17. The zero-order valence-electron chi connectivity index (χ0n) is 13.0. The van der Waals surface area contributed by atoms with Crippen LogP contribution in [0.15, 0.2) is 47.3 Å². The fourth-order valence-electron chi connectivity index (χ4n) is 2.98. The SMILES string of the molecule is CN(C)CCCn1c2ccccc2c(=O)c2c(N)cccc21. The second kappa shape index (κ2) is 5.81. The second-order valence-corrected chi connectivity index (χ2v) is 5.90. The maximum atomic E-state index is 12.7. The van der Waals surface area contributed by atoms with E-state index in [0.29, 0.717) is 11.1 Å². The van der Waals surface area contributed by atoms with E-state index in [1.807, 2.05) is 36.4 Å². The van der Waals surface area contributed by atoms with Crippen molar-refractivity contribution in [2.24, 2.45) is 0 Å². The van der Waals surface area contributed by atoms with Crippen LogP contribution in [0.25, 0.3) is 21.8 Å². The summed E-state index contributed by atoms with van der Waals surface area (Å²) in [6.45, 7) is 1.86. The van der Waals surface area contributed by atoms with Crippen molar-refractivity contribution >= 4 is 27.5 Å². The number of aryl methyl sites for hydroxylation is 1. The van der Waals surface area contributed by atoms with E-state index >= 15 is 0 Å². The van der Waals surface area contributed by atoms with Crippen LogP contribution in [0, 0.1) is 0 Å². The highest BCUT2D eigenvalue weighted by atomic mass is 16.1. The zero-order valence-corrected chi connectivity index (χ0v) is 13.0. The molecule has 0 aliphatic heterocycles. The summed E-state index contributed by atoms with van der Waals surface area (Å²) >= 11 is 0. The number of hydrogen-bond donors (Lipinski definition) is 1. The van der Waals surface area contributed by atoms with Gasteiger partial charge in [-0.3, -0.25) is 4.79 Å². The van der Waals surface area contributed by atoms with Gasteiger partial charge in [-0.2, -0.15) is 0 Å². The molecule has 22 heavy (non-hydrogen) atoms. The molecular formula is C18H21N3O. The van der Waals surface area contributed by atoms with Crippen LogP contribution in [0.5, 0.6) is 0 Å². The molecule has 0 saturated carbocycles. The molecule has 0 fully saturated rings. The van der Waals surface area contributed by atoms with Crippen molar-refractivity contribution in [1.82, 2.24) is 9.47 Å². The van der Waals surface area contributed by atoms with Crippen LogP contribution in [-0.2, 0) is 6.54 Å². The van der Waals surface area contributed by atoms with Gasteiger partial charge in [0, 0.05) is 17.6 Å². The van der Waals surface area contributed by atoms with Gasteiger partial charge >= 0.3 is 0 Å². The number of nitrogens with zero attached hydrogens (tertiary/aromatic N) is 2. The van der Waals surface area contributed by atoms with Gasteiger partial charge in [-0.25, -0.2) is 0 Å². The fourth-order valence-corrected chi connectivity index (χ4v) is 2.98. The number of anilines is 1. The summed E-state index contributed by atoms with van der Waals surface area (Å²) < 4.78 is 2.21. The molecule has 3 aromatic rings. The first kappa shape index (κ1) is 14.6. The first-order valence-corrected chi connectivity index (χ1v) is 7.54. The highest BCUT2D eigenvalue weighted by Gasteiger charge is 2.12. The normalized spacial score (nSPS) is 11.6. The average molecular weight is 295 g/mol. The van der Waals surface area contributed by atoms with E-state index in [1.54, 1.807) is 6.07 Å². The van der Waals surface area contributed by atoms with Crippen LogP contribution in [0.4, 0.5) is 5.69 Å². The number of nitrogens with two attached hydrogens (primary N) is 1. The van der Waals surface area contributed by atoms with Crippen LogP contribution in [0.1, 0.15) is 6.42 Å². The Kier molecular flexibility index (Phi) is 3.86. The molecule has 0 aliphatic rings. The second-order valence-electron chi connectivity index (χ2n) is 5.90. The highest BCUT2D eigenvalue weighted by molar-refractivity contribution is 5.99. The summed E-state index contributed by atoms with van der Waals surface area (Å²) in [5, 5.41) is 1.36. The number of benzene rings is 2. The smallest absolute Gasteiger partial charge is 0.199 e. The topological polar surface area (TPSA) is 51.3 Å². The van der Waals surface area contributed by atoms with E-state index in [1.165, 1.54) is 0 Å². The molecule has 4 nitrogen and oxygen atoms in total. The molecule has 2 N–H and O–H groups in total. The first-order chi connectivity index (χ1) is 10.6. The van der Waals surface area contributed by atoms with Crippen LogP contribution in [-0.4, -0.2) is 30.1 Å². The van der Waals surface area contributed by atoms with Crippen molar-refractivity contribution in [3.8, 4) is 0 Å². The lowest BCUT2D eigenvalue weighted by atomic mass is 10.1.